The summed E-state index contributed by atoms with van der Waals surface area (Å²) < 4.78 is 0. The molecule has 144 valence electrons. The van der Waals surface area contributed by atoms with Crippen molar-refractivity contribution in [1.29, 1.82) is 0 Å². The molecule has 1 aliphatic heterocycles. The largest absolute Gasteiger partial charge is 0.363 e. The van der Waals surface area contributed by atoms with E-state index in [2.05, 4.69) is 25.5 Å². The van der Waals surface area contributed by atoms with Crippen LogP contribution in [0.4, 0.5) is 23.0 Å². The molecule has 2 heterocycles. The molecule has 8 nitrogen and oxygen atoms in total. The Kier molecular flexibility index (Phi) is 6.65. The molecule has 27 heavy (non-hydrogen) atoms. The van der Waals surface area contributed by atoms with Crippen LogP contribution in [-0.4, -0.2) is 46.0 Å². The fraction of sp³-hybridized carbons (Fsp3) is 0.412. The Morgan fingerprint density at radius 1 is 1.15 bits per heavy atom. The fourth-order valence-electron chi connectivity index (χ4n) is 3.01. The second kappa shape index (κ2) is 9.16. The summed E-state index contributed by atoms with van der Waals surface area (Å²) in [5.74, 6) is 0.229. The van der Waals surface area contributed by atoms with Gasteiger partial charge in [0.15, 0.2) is 0 Å². The zero-order valence-electron chi connectivity index (χ0n) is 14.6. The van der Waals surface area contributed by atoms with E-state index in [-0.39, 0.29) is 17.3 Å². The van der Waals surface area contributed by atoms with Gasteiger partial charge in [0.25, 0.3) is 0 Å². The van der Waals surface area contributed by atoms with Crippen LogP contribution in [0.5, 0.6) is 0 Å². The molecule has 1 saturated heterocycles. The third-order valence-corrected chi connectivity index (χ3v) is 4.92. The van der Waals surface area contributed by atoms with Crippen LogP contribution in [0, 0.1) is 10.1 Å². The first-order valence-electron chi connectivity index (χ1n) is 8.72. The molecule has 0 amide bonds. The van der Waals surface area contributed by atoms with Gasteiger partial charge in [0, 0.05) is 18.1 Å². The van der Waals surface area contributed by atoms with E-state index in [1.807, 2.05) is 0 Å². The highest BCUT2D eigenvalue weighted by atomic mass is 35.5. The van der Waals surface area contributed by atoms with E-state index in [1.54, 1.807) is 18.2 Å². The van der Waals surface area contributed by atoms with Gasteiger partial charge in [0.1, 0.15) is 6.33 Å². The third kappa shape index (κ3) is 5.18. The molecule has 0 atom stereocenters. The number of aromatic nitrogens is 2. The number of likely N-dealkylation sites (tertiary alicyclic amines) is 1. The van der Waals surface area contributed by atoms with Crippen molar-refractivity contribution in [3.8, 4) is 0 Å². The van der Waals surface area contributed by atoms with Crippen LogP contribution in [0.15, 0.2) is 24.5 Å². The topological polar surface area (TPSA) is 96.2 Å². The minimum Gasteiger partial charge on any atom is -0.363 e. The Labute approximate surface area is 167 Å². The molecule has 10 heteroatoms. The van der Waals surface area contributed by atoms with Gasteiger partial charge in [-0.15, -0.1) is 0 Å². The van der Waals surface area contributed by atoms with E-state index >= 15 is 0 Å². The number of anilines is 3. The molecular formula is C17H20Cl2N6O2. The Morgan fingerprint density at radius 2 is 1.89 bits per heavy atom. The number of nitrogens with zero attached hydrogens (tertiary/aromatic N) is 4. The molecule has 0 unspecified atom stereocenters. The molecule has 1 fully saturated rings. The second-order valence-electron chi connectivity index (χ2n) is 6.25. The summed E-state index contributed by atoms with van der Waals surface area (Å²) in [6, 6.07) is 4.83. The van der Waals surface area contributed by atoms with Crippen molar-refractivity contribution in [1.82, 2.24) is 14.9 Å². The molecule has 2 N–H and O–H groups in total. The van der Waals surface area contributed by atoms with Crippen molar-refractivity contribution in [2.45, 2.75) is 19.3 Å². The summed E-state index contributed by atoms with van der Waals surface area (Å²) in [5, 5.41) is 18.4. The molecular weight excluding hydrogens is 391 g/mol. The van der Waals surface area contributed by atoms with E-state index in [0.717, 1.165) is 19.6 Å². The number of nitrogens with one attached hydrogen (secondary N) is 2. The van der Waals surface area contributed by atoms with Crippen molar-refractivity contribution < 1.29 is 4.92 Å². The first-order valence-corrected chi connectivity index (χ1v) is 9.48. The predicted octanol–water partition coefficient (Wildman–Crippen LogP) is 4.33. The van der Waals surface area contributed by atoms with E-state index in [4.69, 9.17) is 23.2 Å². The monoisotopic (exact) mass is 410 g/mol. The zero-order valence-corrected chi connectivity index (χ0v) is 16.1. The molecule has 0 radical (unpaired) electrons. The standard InChI is InChI=1S/C17H20Cl2N6O2/c18-12-4-5-13(19)14(10-12)23-17-15(25(26)27)16(21-11-22-17)20-6-9-24-7-2-1-3-8-24/h4-5,10-11H,1-3,6-9H2,(H2,20,21,22,23). The summed E-state index contributed by atoms with van der Waals surface area (Å²) in [4.78, 5) is 21.5. The van der Waals surface area contributed by atoms with Crippen LogP contribution < -0.4 is 10.6 Å². The molecule has 1 aromatic carbocycles. The lowest BCUT2D eigenvalue weighted by Gasteiger charge is -2.26. The van der Waals surface area contributed by atoms with Crippen LogP contribution in [0.2, 0.25) is 10.0 Å². The molecule has 2 aromatic rings. The van der Waals surface area contributed by atoms with Crippen molar-refractivity contribution in [2.75, 3.05) is 36.8 Å². The Bertz CT molecular complexity index is 814. The van der Waals surface area contributed by atoms with Crippen molar-refractivity contribution in [3.63, 3.8) is 0 Å². The minimum absolute atomic E-state index is 0.0552. The van der Waals surface area contributed by atoms with Gasteiger partial charge in [0.05, 0.1) is 15.6 Å². The van der Waals surface area contributed by atoms with Crippen LogP contribution in [0.1, 0.15) is 19.3 Å². The lowest BCUT2D eigenvalue weighted by molar-refractivity contribution is -0.383. The highest BCUT2D eigenvalue weighted by Crippen LogP contribution is 2.34. The van der Waals surface area contributed by atoms with Crippen LogP contribution >= 0.6 is 23.2 Å². The smallest absolute Gasteiger partial charge is 0.353 e. The first-order chi connectivity index (χ1) is 13.0. The Morgan fingerprint density at radius 3 is 2.63 bits per heavy atom. The van der Waals surface area contributed by atoms with Gasteiger partial charge in [-0.1, -0.05) is 29.6 Å². The lowest BCUT2D eigenvalue weighted by Crippen LogP contribution is -2.33. The Balaban J connectivity index is 1.75. The quantitative estimate of drug-likeness (QED) is 0.517. The minimum atomic E-state index is -0.510. The maximum Gasteiger partial charge on any atom is 0.353 e. The lowest BCUT2D eigenvalue weighted by atomic mass is 10.1. The van der Waals surface area contributed by atoms with E-state index in [0.29, 0.717) is 22.3 Å². The number of nitro groups is 1. The number of hydrogen-bond donors (Lipinski definition) is 2. The molecule has 0 aliphatic carbocycles. The molecule has 0 bridgehead atoms. The number of halogens is 2. The number of benzene rings is 1. The summed E-state index contributed by atoms with van der Waals surface area (Å²) in [7, 11) is 0. The zero-order chi connectivity index (χ0) is 19.2. The molecule has 1 aliphatic rings. The van der Waals surface area contributed by atoms with Crippen molar-refractivity contribution >= 4 is 46.2 Å². The average molecular weight is 411 g/mol. The summed E-state index contributed by atoms with van der Waals surface area (Å²) in [6.07, 6.45) is 4.93. The first kappa shape index (κ1) is 19.6. The second-order valence-corrected chi connectivity index (χ2v) is 7.10. The highest BCUT2D eigenvalue weighted by molar-refractivity contribution is 6.35. The fourth-order valence-corrected chi connectivity index (χ4v) is 3.35. The molecule has 0 spiro atoms. The SMILES string of the molecule is O=[N+]([O-])c1c(NCCN2CCCCC2)ncnc1Nc1cc(Cl)ccc1Cl. The molecule has 1 aromatic heterocycles. The summed E-state index contributed by atoms with van der Waals surface area (Å²) >= 11 is 12.1. The number of piperidine rings is 1. The molecule has 3 rings (SSSR count). The van der Waals surface area contributed by atoms with Gasteiger partial charge in [-0.05, 0) is 44.1 Å². The van der Waals surface area contributed by atoms with Gasteiger partial charge in [0.2, 0.25) is 11.6 Å². The number of hydrogen-bond acceptors (Lipinski definition) is 7. The van der Waals surface area contributed by atoms with Crippen molar-refractivity contribution in [2.24, 2.45) is 0 Å². The van der Waals surface area contributed by atoms with Gasteiger partial charge >= 0.3 is 5.69 Å². The number of rotatable bonds is 7. The summed E-state index contributed by atoms with van der Waals surface area (Å²) in [5.41, 5.74) is 0.206. The van der Waals surface area contributed by atoms with Crippen LogP contribution in [0.25, 0.3) is 0 Å². The van der Waals surface area contributed by atoms with E-state index < -0.39 is 4.92 Å². The van der Waals surface area contributed by atoms with Gasteiger partial charge < -0.3 is 15.5 Å². The van der Waals surface area contributed by atoms with Gasteiger partial charge in [-0.25, -0.2) is 9.97 Å². The van der Waals surface area contributed by atoms with E-state index in [1.165, 1.54) is 25.6 Å². The van der Waals surface area contributed by atoms with E-state index in [9.17, 15) is 10.1 Å². The van der Waals surface area contributed by atoms with Crippen LogP contribution in [-0.2, 0) is 0 Å². The predicted molar refractivity (Wildman–Crippen MR) is 107 cm³/mol. The van der Waals surface area contributed by atoms with Crippen LogP contribution in [0.3, 0.4) is 0 Å². The van der Waals surface area contributed by atoms with Crippen molar-refractivity contribution in [3.05, 3.63) is 44.7 Å². The maximum atomic E-state index is 11.6. The van der Waals surface area contributed by atoms with Gasteiger partial charge in [-0.2, -0.15) is 0 Å². The Hall–Kier alpha value is -2.16. The average Bonchev–Trinajstić information content (AvgIpc) is 2.65. The molecule has 0 saturated carbocycles. The normalized spacial score (nSPS) is 14.7. The summed E-state index contributed by atoms with van der Waals surface area (Å²) in [6.45, 7) is 3.50. The maximum absolute atomic E-state index is 11.6. The third-order valence-electron chi connectivity index (χ3n) is 4.36. The van der Waals surface area contributed by atoms with Gasteiger partial charge in [-0.3, -0.25) is 10.1 Å². The highest BCUT2D eigenvalue weighted by Gasteiger charge is 2.23.